The third-order valence-electron chi connectivity index (χ3n) is 4.48. The molecule has 0 aliphatic carbocycles. The number of anilines is 1. The first-order valence-corrected chi connectivity index (χ1v) is 11.5. The summed E-state index contributed by atoms with van der Waals surface area (Å²) in [6.45, 7) is 0. The van der Waals surface area contributed by atoms with Crippen LogP contribution in [0, 0.1) is 0 Å². The summed E-state index contributed by atoms with van der Waals surface area (Å²) >= 11 is 0. The average molecular weight is 489 g/mol. The van der Waals surface area contributed by atoms with Gasteiger partial charge in [-0.1, -0.05) is 24.3 Å². The number of pyridine rings is 2. The van der Waals surface area contributed by atoms with Crippen molar-refractivity contribution in [2.24, 2.45) is 0 Å². The van der Waals surface area contributed by atoms with Gasteiger partial charge in [0.15, 0.2) is 0 Å². The molecule has 0 aliphatic rings. The van der Waals surface area contributed by atoms with E-state index >= 15 is 0 Å². The summed E-state index contributed by atoms with van der Waals surface area (Å²) < 4.78 is 56.9. The van der Waals surface area contributed by atoms with Crippen molar-refractivity contribution >= 4 is 32.6 Å². The highest BCUT2D eigenvalue weighted by atomic mass is 32.2. The van der Waals surface area contributed by atoms with Crippen molar-refractivity contribution in [3.8, 4) is 22.3 Å². The van der Waals surface area contributed by atoms with Gasteiger partial charge in [-0.25, -0.2) is 13.2 Å². The van der Waals surface area contributed by atoms with Crippen LogP contribution < -0.4 is 4.72 Å². The molecule has 0 bridgehead atoms. The van der Waals surface area contributed by atoms with E-state index in [-0.39, 0.29) is 0 Å². The van der Waals surface area contributed by atoms with Crippen molar-refractivity contribution in [3.05, 3.63) is 79.3 Å². The summed E-state index contributed by atoms with van der Waals surface area (Å²) in [6, 6.07) is 19.4. The van der Waals surface area contributed by atoms with E-state index in [1.54, 1.807) is 24.5 Å². The first kappa shape index (κ1) is 24.6. The van der Waals surface area contributed by atoms with Gasteiger partial charge in [-0.3, -0.25) is 14.7 Å². The predicted molar refractivity (Wildman–Crippen MR) is 123 cm³/mol. The molecule has 11 heteroatoms. The second kappa shape index (κ2) is 9.87. The highest BCUT2D eigenvalue weighted by Gasteiger charge is 2.38. The summed E-state index contributed by atoms with van der Waals surface area (Å²) in [5.41, 5.74) is 5.57. The molecule has 0 spiro atoms. The molecule has 0 radical (unpaired) electrons. The first-order valence-electron chi connectivity index (χ1n) is 9.61. The number of benzene rings is 2. The number of halogens is 3. The molecule has 0 amide bonds. The molecule has 0 saturated carbocycles. The Labute approximate surface area is 193 Å². The van der Waals surface area contributed by atoms with Crippen LogP contribution in [-0.2, 0) is 14.8 Å². The lowest BCUT2D eigenvalue weighted by molar-refractivity contribution is -0.192. The molecule has 0 saturated heterocycles. The Bertz CT molecular complexity index is 1410. The predicted octanol–water partition coefficient (Wildman–Crippen LogP) is 4.97. The summed E-state index contributed by atoms with van der Waals surface area (Å²) in [4.78, 5) is 17.6. The number of nitrogens with one attached hydrogen (secondary N) is 1. The Morgan fingerprint density at radius 3 is 2.12 bits per heavy atom. The smallest absolute Gasteiger partial charge is 0.475 e. The maximum absolute atomic E-state index is 11.3. The van der Waals surface area contributed by atoms with Gasteiger partial charge in [-0.05, 0) is 53.1 Å². The number of hydrogen-bond donors (Lipinski definition) is 2. The molecule has 2 aromatic carbocycles. The van der Waals surface area contributed by atoms with Gasteiger partial charge >= 0.3 is 12.1 Å². The second-order valence-corrected chi connectivity index (χ2v) is 8.84. The third-order valence-corrected chi connectivity index (χ3v) is 5.09. The number of aromatic nitrogens is 2. The molecular weight excluding hydrogens is 471 g/mol. The number of aliphatic carboxylic acids is 1. The zero-order valence-corrected chi connectivity index (χ0v) is 18.4. The molecule has 7 nitrogen and oxygen atoms in total. The van der Waals surface area contributed by atoms with Gasteiger partial charge in [0.1, 0.15) is 0 Å². The van der Waals surface area contributed by atoms with Crippen molar-refractivity contribution in [3.63, 3.8) is 0 Å². The minimum absolute atomic E-state index is 0.535. The topological polar surface area (TPSA) is 109 Å². The standard InChI is InChI=1S/C21H17N3O2S.C2HF3O2/c1-27(25,26)24-18-7-5-15(6-8-18)17-13-20-19(16-9-11-22-12-10-16)3-2-4-21(20)23-14-17;3-2(4,5)1(6)7/h2-14,24H,1H3;(H,6,7). The lowest BCUT2D eigenvalue weighted by Gasteiger charge is -2.09. The van der Waals surface area contributed by atoms with Crippen molar-refractivity contribution in [1.82, 2.24) is 9.97 Å². The summed E-state index contributed by atoms with van der Waals surface area (Å²) in [5, 5.41) is 8.18. The number of sulfonamides is 1. The zero-order valence-electron chi connectivity index (χ0n) is 17.6. The van der Waals surface area contributed by atoms with Gasteiger partial charge in [-0.15, -0.1) is 0 Å². The average Bonchev–Trinajstić information content (AvgIpc) is 2.78. The first-order chi connectivity index (χ1) is 15.9. The minimum Gasteiger partial charge on any atom is -0.475 e. The SMILES string of the molecule is CS(=O)(=O)Nc1ccc(-c2cnc3cccc(-c4ccncc4)c3c2)cc1.O=C(O)C(F)(F)F. The van der Waals surface area contributed by atoms with E-state index < -0.39 is 22.2 Å². The highest BCUT2D eigenvalue weighted by molar-refractivity contribution is 7.92. The van der Waals surface area contributed by atoms with Crippen LogP contribution in [0.5, 0.6) is 0 Å². The van der Waals surface area contributed by atoms with Crippen molar-refractivity contribution in [1.29, 1.82) is 0 Å². The number of nitrogens with zero attached hydrogens (tertiary/aromatic N) is 2. The van der Waals surface area contributed by atoms with Gasteiger partial charge in [0.25, 0.3) is 0 Å². The molecule has 4 aromatic rings. The van der Waals surface area contributed by atoms with E-state index in [4.69, 9.17) is 9.90 Å². The fourth-order valence-electron chi connectivity index (χ4n) is 3.04. The van der Waals surface area contributed by atoms with Crippen LogP contribution in [0.2, 0.25) is 0 Å². The van der Waals surface area contributed by atoms with Gasteiger partial charge in [0.2, 0.25) is 10.0 Å². The van der Waals surface area contributed by atoms with Crippen LogP contribution in [0.4, 0.5) is 18.9 Å². The largest absolute Gasteiger partial charge is 0.490 e. The summed E-state index contributed by atoms with van der Waals surface area (Å²) in [6.07, 6.45) is 1.43. The molecule has 0 aliphatic heterocycles. The van der Waals surface area contributed by atoms with Crippen molar-refractivity contribution < 1.29 is 31.5 Å². The van der Waals surface area contributed by atoms with Crippen LogP contribution >= 0.6 is 0 Å². The maximum atomic E-state index is 11.3. The normalized spacial score (nSPS) is 11.4. The maximum Gasteiger partial charge on any atom is 0.490 e. The Morgan fingerprint density at radius 1 is 0.941 bits per heavy atom. The Kier molecular flexibility index (Phi) is 7.16. The second-order valence-electron chi connectivity index (χ2n) is 7.09. The van der Waals surface area contributed by atoms with Crippen LogP contribution in [0.25, 0.3) is 33.2 Å². The fourth-order valence-corrected chi connectivity index (χ4v) is 3.60. The highest BCUT2D eigenvalue weighted by Crippen LogP contribution is 2.31. The van der Waals surface area contributed by atoms with Crippen LogP contribution in [0.15, 0.2) is 79.3 Å². The zero-order chi connectivity index (χ0) is 24.9. The van der Waals surface area contributed by atoms with E-state index in [1.807, 2.05) is 42.6 Å². The van der Waals surface area contributed by atoms with E-state index in [0.717, 1.165) is 39.4 Å². The third kappa shape index (κ3) is 6.51. The molecule has 2 N–H and O–H groups in total. The fraction of sp³-hybridized carbons (Fsp3) is 0.0870. The van der Waals surface area contributed by atoms with E-state index in [1.165, 1.54) is 0 Å². The van der Waals surface area contributed by atoms with E-state index in [0.29, 0.717) is 5.69 Å². The molecule has 4 rings (SSSR count). The number of fused-ring (bicyclic) bond motifs is 1. The number of carbonyl (C=O) groups is 1. The van der Waals surface area contributed by atoms with E-state index in [2.05, 4.69) is 26.8 Å². The molecule has 0 fully saturated rings. The van der Waals surface area contributed by atoms with Crippen molar-refractivity contribution in [2.45, 2.75) is 6.18 Å². The number of carboxylic acids is 1. The number of hydrogen-bond acceptors (Lipinski definition) is 5. The summed E-state index contributed by atoms with van der Waals surface area (Å²) in [7, 11) is -3.29. The van der Waals surface area contributed by atoms with Gasteiger partial charge in [-0.2, -0.15) is 13.2 Å². The lowest BCUT2D eigenvalue weighted by atomic mass is 9.98. The minimum atomic E-state index is -5.08. The Morgan fingerprint density at radius 2 is 1.56 bits per heavy atom. The van der Waals surface area contributed by atoms with E-state index in [9.17, 15) is 21.6 Å². The number of rotatable bonds is 4. The number of alkyl halides is 3. The monoisotopic (exact) mass is 489 g/mol. The molecule has 34 heavy (non-hydrogen) atoms. The molecule has 176 valence electrons. The Hall–Kier alpha value is -3.99. The Balaban J connectivity index is 0.000000406. The van der Waals surface area contributed by atoms with Crippen LogP contribution in [-0.4, -0.2) is 41.9 Å². The summed E-state index contributed by atoms with van der Waals surface area (Å²) in [5.74, 6) is -2.76. The lowest BCUT2D eigenvalue weighted by Crippen LogP contribution is -2.21. The molecule has 2 heterocycles. The van der Waals surface area contributed by atoms with Crippen LogP contribution in [0.3, 0.4) is 0 Å². The van der Waals surface area contributed by atoms with Crippen LogP contribution in [0.1, 0.15) is 0 Å². The molecule has 0 unspecified atom stereocenters. The quantitative estimate of drug-likeness (QED) is 0.419. The van der Waals surface area contributed by atoms with Gasteiger partial charge in [0.05, 0.1) is 11.8 Å². The molecule has 0 atom stereocenters. The molecular formula is C23H18F3N3O4S. The molecule has 2 aromatic heterocycles. The van der Waals surface area contributed by atoms with Crippen molar-refractivity contribution in [2.75, 3.05) is 11.0 Å². The number of carboxylic acid groups (broad SMARTS) is 1. The van der Waals surface area contributed by atoms with Gasteiger partial charge in [0, 0.05) is 35.2 Å². The van der Waals surface area contributed by atoms with Gasteiger partial charge < -0.3 is 5.11 Å².